The van der Waals surface area contributed by atoms with Crippen LogP contribution in [0.2, 0.25) is 0 Å². The molecule has 0 spiro atoms. The third-order valence-corrected chi connectivity index (χ3v) is 3.66. The maximum absolute atomic E-state index is 11.8. The van der Waals surface area contributed by atoms with Gasteiger partial charge in [-0.15, -0.1) is 0 Å². The maximum Gasteiger partial charge on any atom is 0.336 e. The van der Waals surface area contributed by atoms with E-state index in [2.05, 4.69) is 10.5 Å². The number of hydrogen-bond donors (Lipinski definition) is 1. The van der Waals surface area contributed by atoms with Gasteiger partial charge in [0, 0.05) is 30.8 Å². The van der Waals surface area contributed by atoms with Crippen LogP contribution in [0.4, 0.5) is 0 Å². The van der Waals surface area contributed by atoms with Gasteiger partial charge in [0.2, 0.25) is 0 Å². The Kier molecular flexibility index (Phi) is 4.65. The molecule has 0 fully saturated rings. The quantitative estimate of drug-likeness (QED) is 0.437. The molecule has 1 N–H and O–H groups in total. The van der Waals surface area contributed by atoms with E-state index >= 15 is 0 Å². The molecule has 1 aromatic carbocycles. The molecule has 3 rings (SSSR count). The van der Waals surface area contributed by atoms with Crippen molar-refractivity contribution in [3.63, 3.8) is 0 Å². The summed E-state index contributed by atoms with van der Waals surface area (Å²) in [4.78, 5) is 23.2. The van der Waals surface area contributed by atoms with Gasteiger partial charge in [-0.3, -0.25) is 4.79 Å². The third-order valence-electron chi connectivity index (χ3n) is 3.66. The number of ether oxygens (including phenoxy) is 1. The molecule has 0 bridgehead atoms. The number of aryl methyl sites for hydroxylation is 2. The number of hydrazone groups is 1. The van der Waals surface area contributed by atoms with E-state index in [1.807, 2.05) is 36.9 Å². The monoisotopic (exact) mass is 339 g/mol. The highest BCUT2D eigenvalue weighted by molar-refractivity contribution is 5.83. The highest BCUT2D eigenvalue weighted by Crippen LogP contribution is 2.22. The van der Waals surface area contributed by atoms with Crippen molar-refractivity contribution in [2.75, 3.05) is 6.61 Å². The molecule has 0 saturated carbocycles. The molecule has 3 aromatic rings. The Hall–Kier alpha value is -3.35. The van der Waals surface area contributed by atoms with Crippen molar-refractivity contribution in [3.8, 4) is 5.75 Å². The summed E-state index contributed by atoms with van der Waals surface area (Å²) in [5.41, 5.74) is 4.08. The molecule has 0 aliphatic heterocycles. The van der Waals surface area contributed by atoms with E-state index in [0.29, 0.717) is 11.3 Å². The molecule has 2 heterocycles. The zero-order chi connectivity index (χ0) is 17.8. The fourth-order valence-electron chi connectivity index (χ4n) is 2.36. The zero-order valence-electron chi connectivity index (χ0n) is 13.9. The Bertz CT molecular complexity index is 1000. The predicted octanol–water partition coefficient (Wildman–Crippen LogP) is 1.97. The van der Waals surface area contributed by atoms with Gasteiger partial charge >= 0.3 is 5.63 Å². The van der Waals surface area contributed by atoms with Crippen molar-refractivity contribution in [2.24, 2.45) is 12.1 Å². The van der Waals surface area contributed by atoms with Gasteiger partial charge in [0.25, 0.3) is 5.91 Å². The second kappa shape index (κ2) is 7.04. The molecule has 25 heavy (non-hydrogen) atoms. The van der Waals surface area contributed by atoms with E-state index in [1.54, 1.807) is 24.4 Å². The number of rotatable bonds is 5. The first kappa shape index (κ1) is 16.5. The van der Waals surface area contributed by atoms with E-state index in [1.165, 1.54) is 6.07 Å². The van der Waals surface area contributed by atoms with Crippen LogP contribution in [0.25, 0.3) is 11.0 Å². The Balaban J connectivity index is 1.60. The first-order chi connectivity index (χ1) is 12.0. The molecule has 0 unspecified atom stereocenters. The van der Waals surface area contributed by atoms with E-state index in [0.717, 1.165) is 16.6 Å². The average Bonchev–Trinajstić information content (AvgIpc) is 2.97. The lowest BCUT2D eigenvalue weighted by Gasteiger charge is -2.06. The van der Waals surface area contributed by atoms with Crippen LogP contribution in [0.15, 0.2) is 56.9 Å². The maximum atomic E-state index is 11.8. The van der Waals surface area contributed by atoms with Crippen molar-refractivity contribution in [2.45, 2.75) is 6.92 Å². The molecule has 0 aliphatic carbocycles. The summed E-state index contributed by atoms with van der Waals surface area (Å²) in [5.74, 6) is 0.0408. The van der Waals surface area contributed by atoms with E-state index < -0.39 is 11.5 Å². The van der Waals surface area contributed by atoms with Crippen molar-refractivity contribution in [1.82, 2.24) is 9.99 Å². The summed E-state index contributed by atoms with van der Waals surface area (Å²) >= 11 is 0. The van der Waals surface area contributed by atoms with Crippen LogP contribution >= 0.6 is 0 Å². The minimum Gasteiger partial charge on any atom is -0.484 e. The number of carbonyl (C=O) groups is 1. The average molecular weight is 339 g/mol. The second-order valence-corrected chi connectivity index (χ2v) is 5.53. The van der Waals surface area contributed by atoms with Gasteiger partial charge in [-0.1, -0.05) is 0 Å². The summed E-state index contributed by atoms with van der Waals surface area (Å²) in [6.07, 6.45) is 3.43. The molecule has 7 heteroatoms. The number of carbonyl (C=O) groups excluding carboxylic acids is 1. The number of fused-ring (bicyclic) bond motifs is 1. The van der Waals surface area contributed by atoms with Crippen molar-refractivity contribution >= 4 is 23.1 Å². The molecule has 0 aliphatic rings. The number of benzene rings is 1. The molecule has 0 radical (unpaired) electrons. The largest absolute Gasteiger partial charge is 0.484 e. The third kappa shape index (κ3) is 3.95. The number of nitrogens with zero attached hydrogens (tertiary/aromatic N) is 2. The highest BCUT2D eigenvalue weighted by atomic mass is 16.5. The number of aromatic nitrogens is 1. The van der Waals surface area contributed by atoms with Gasteiger partial charge in [0.15, 0.2) is 6.61 Å². The summed E-state index contributed by atoms with van der Waals surface area (Å²) in [5, 5.41) is 4.70. The first-order valence-corrected chi connectivity index (χ1v) is 7.63. The molecule has 0 atom stereocenters. The number of hydrogen-bond acceptors (Lipinski definition) is 5. The van der Waals surface area contributed by atoms with Gasteiger partial charge in [0.05, 0.1) is 11.9 Å². The number of nitrogens with one attached hydrogen (secondary N) is 1. The van der Waals surface area contributed by atoms with Crippen molar-refractivity contribution < 1.29 is 13.9 Å². The van der Waals surface area contributed by atoms with Gasteiger partial charge in [-0.05, 0) is 36.8 Å². The molecular formula is C18H17N3O4. The summed E-state index contributed by atoms with van der Waals surface area (Å²) < 4.78 is 12.4. The van der Waals surface area contributed by atoms with Crippen molar-refractivity contribution in [3.05, 3.63) is 64.3 Å². The topological polar surface area (TPSA) is 85.8 Å². The molecule has 0 saturated heterocycles. The zero-order valence-corrected chi connectivity index (χ0v) is 13.9. The van der Waals surface area contributed by atoms with Crippen LogP contribution in [0.1, 0.15) is 11.3 Å². The fourth-order valence-corrected chi connectivity index (χ4v) is 2.36. The van der Waals surface area contributed by atoms with Crippen LogP contribution in [-0.2, 0) is 11.8 Å². The molecule has 1 amide bonds. The summed E-state index contributed by atoms with van der Waals surface area (Å²) in [7, 11) is 1.88. The van der Waals surface area contributed by atoms with Crippen LogP contribution in [0.5, 0.6) is 5.75 Å². The Morgan fingerprint density at radius 3 is 2.96 bits per heavy atom. The van der Waals surface area contributed by atoms with Gasteiger partial charge < -0.3 is 13.7 Å². The standard InChI is InChI=1S/C18H17N3O4/c1-12-8-18(23)25-16-9-14(5-6-15(12)16)24-11-17(22)20-19-10-13-4-3-7-21(13)2/h3-10H,11H2,1-2H3,(H,20,22)/b19-10+. The van der Waals surface area contributed by atoms with E-state index in [-0.39, 0.29) is 6.61 Å². The van der Waals surface area contributed by atoms with Gasteiger partial charge in [0.1, 0.15) is 11.3 Å². The van der Waals surface area contributed by atoms with Crippen LogP contribution in [-0.4, -0.2) is 23.3 Å². The highest BCUT2D eigenvalue weighted by Gasteiger charge is 2.06. The van der Waals surface area contributed by atoms with E-state index in [9.17, 15) is 9.59 Å². The first-order valence-electron chi connectivity index (χ1n) is 7.63. The molecule has 2 aromatic heterocycles. The SMILES string of the molecule is Cc1cc(=O)oc2cc(OCC(=O)N/N=C/c3cccn3C)ccc12. The van der Waals surface area contributed by atoms with Crippen LogP contribution in [0, 0.1) is 6.92 Å². The van der Waals surface area contributed by atoms with Crippen molar-refractivity contribution in [1.29, 1.82) is 0 Å². The molecule has 128 valence electrons. The lowest BCUT2D eigenvalue weighted by molar-refractivity contribution is -0.123. The Morgan fingerprint density at radius 2 is 2.20 bits per heavy atom. The Labute approximate surface area is 143 Å². The normalized spacial score (nSPS) is 11.1. The lowest BCUT2D eigenvalue weighted by atomic mass is 10.1. The van der Waals surface area contributed by atoms with Gasteiger partial charge in [-0.25, -0.2) is 10.2 Å². The lowest BCUT2D eigenvalue weighted by Crippen LogP contribution is -2.24. The van der Waals surface area contributed by atoms with E-state index in [4.69, 9.17) is 9.15 Å². The van der Waals surface area contributed by atoms with Gasteiger partial charge in [-0.2, -0.15) is 5.10 Å². The predicted molar refractivity (Wildman–Crippen MR) is 93.9 cm³/mol. The smallest absolute Gasteiger partial charge is 0.336 e. The number of amides is 1. The van der Waals surface area contributed by atoms with Crippen LogP contribution < -0.4 is 15.8 Å². The fraction of sp³-hybridized carbons (Fsp3) is 0.167. The summed E-state index contributed by atoms with van der Waals surface area (Å²) in [6.45, 7) is 1.63. The second-order valence-electron chi connectivity index (χ2n) is 5.53. The minimum absolute atomic E-state index is 0.202. The Morgan fingerprint density at radius 1 is 1.36 bits per heavy atom. The molecular weight excluding hydrogens is 322 g/mol. The summed E-state index contributed by atoms with van der Waals surface area (Å²) in [6, 6.07) is 10.3. The minimum atomic E-state index is -0.421. The van der Waals surface area contributed by atoms with Crippen LogP contribution in [0.3, 0.4) is 0 Å². The molecule has 7 nitrogen and oxygen atoms in total.